The SMILES string of the molecule is Cc1cc(N[C@@H]2CCCN(C)C2)nnc1-c1ccc2c(c1O)OCCO2. The second-order valence-corrected chi connectivity index (χ2v) is 6.99. The molecule has 2 aliphatic heterocycles. The van der Waals surface area contributed by atoms with E-state index in [1.807, 2.05) is 13.0 Å². The minimum absolute atomic E-state index is 0.0502. The molecule has 1 atom stereocenters. The number of phenols is 1. The number of piperidine rings is 1. The summed E-state index contributed by atoms with van der Waals surface area (Å²) >= 11 is 0. The Bertz CT molecular complexity index is 812. The highest BCUT2D eigenvalue weighted by molar-refractivity contribution is 5.75. The molecule has 3 heterocycles. The van der Waals surface area contributed by atoms with Gasteiger partial charge in [0.1, 0.15) is 19.0 Å². The smallest absolute Gasteiger partial charge is 0.204 e. The van der Waals surface area contributed by atoms with Crippen molar-refractivity contribution in [1.82, 2.24) is 15.1 Å². The molecule has 2 aliphatic rings. The molecule has 1 aromatic heterocycles. The number of aromatic nitrogens is 2. The van der Waals surface area contributed by atoms with Gasteiger partial charge < -0.3 is 24.8 Å². The van der Waals surface area contributed by atoms with E-state index >= 15 is 0 Å². The lowest BCUT2D eigenvalue weighted by Crippen LogP contribution is -2.39. The van der Waals surface area contributed by atoms with Crippen molar-refractivity contribution in [3.05, 3.63) is 23.8 Å². The van der Waals surface area contributed by atoms with Crippen LogP contribution in [0.1, 0.15) is 18.4 Å². The van der Waals surface area contributed by atoms with Gasteiger partial charge in [0, 0.05) is 18.2 Å². The summed E-state index contributed by atoms with van der Waals surface area (Å²) in [5.41, 5.74) is 2.19. The zero-order valence-corrected chi connectivity index (χ0v) is 15.2. The van der Waals surface area contributed by atoms with Gasteiger partial charge in [0.2, 0.25) is 5.75 Å². The highest BCUT2D eigenvalue weighted by atomic mass is 16.6. The number of likely N-dealkylation sites (N-methyl/N-ethyl adjacent to an activating group) is 1. The van der Waals surface area contributed by atoms with E-state index < -0.39 is 0 Å². The Morgan fingerprint density at radius 1 is 1.23 bits per heavy atom. The van der Waals surface area contributed by atoms with Gasteiger partial charge in [-0.2, -0.15) is 0 Å². The number of likely N-dealkylation sites (tertiary alicyclic amines) is 1. The Morgan fingerprint density at radius 2 is 2.08 bits per heavy atom. The van der Waals surface area contributed by atoms with E-state index in [0.29, 0.717) is 42.0 Å². The standard InChI is InChI=1S/C19H24N4O3/c1-12-10-16(20-13-4-3-7-23(2)11-13)21-22-17(12)14-5-6-15-19(18(14)24)26-9-8-25-15/h5-6,10,13,24H,3-4,7-9,11H2,1-2H3,(H,20,21)/t13-/m1/s1. The third-order valence-corrected chi connectivity index (χ3v) is 4.90. The number of ether oxygens (including phenoxy) is 2. The summed E-state index contributed by atoms with van der Waals surface area (Å²) in [5, 5.41) is 22.7. The quantitative estimate of drug-likeness (QED) is 0.874. The number of phenolic OH excluding ortho intramolecular Hbond substituents is 1. The lowest BCUT2D eigenvalue weighted by atomic mass is 10.0. The van der Waals surface area contributed by atoms with E-state index in [4.69, 9.17) is 9.47 Å². The zero-order chi connectivity index (χ0) is 18.1. The first-order chi connectivity index (χ1) is 12.6. The molecule has 26 heavy (non-hydrogen) atoms. The molecule has 138 valence electrons. The molecule has 2 N–H and O–H groups in total. The van der Waals surface area contributed by atoms with Gasteiger partial charge in [-0.05, 0) is 57.1 Å². The lowest BCUT2D eigenvalue weighted by molar-refractivity contribution is 0.166. The second-order valence-electron chi connectivity index (χ2n) is 6.99. The van der Waals surface area contributed by atoms with Crippen LogP contribution < -0.4 is 14.8 Å². The molecule has 7 heteroatoms. The van der Waals surface area contributed by atoms with Crippen LogP contribution in [-0.4, -0.2) is 59.6 Å². The number of hydrogen-bond acceptors (Lipinski definition) is 7. The maximum Gasteiger partial charge on any atom is 0.204 e. The predicted octanol–water partition coefficient (Wildman–Crippen LogP) is 2.43. The summed E-state index contributed by atoms with van der Waals surface area (Å²) in [6, 6.07) is 5.96. The Hall–Kier alpha value is -2.54. The normalized spacial score (nSPS) is 20.0. The van der Waals surface area contributed by atoms with Gasteiger partial charge in [0.05, 0.1) is 5.69 Å². The number of anilines is 1. The fourth-order valence-corrected chi connectivity index (χ4v) is 3.61. The van der Waals surface area contributed by atoms with Gasteiger partial charge in [-0.25, -0.2) is 0 Å². The number of rotatable bonds is 3. The molecule has 1 saturated heterocycles. The highest BCUT2D eigenvalue weighted by Crippen LogP contribution is 2.45. The number of hydrogen-bond donors (Lipinski definition) is 2. The Kier molecular flexibility index (Phi) is 4.55. The molecular formula is C19H24N4O3. The average molecular weight is 356 g/mol. The Balaban J connectivity index is 1.58. The number of nitrogens with zero attached hydrogens (tertiary/aromatic N) is 3. The largest absolute Gasteiger partial charge is 0.504 e. The van der Waals surface area contributed by atoms with Crippen molar-refractivity contribution in [1.29, 1.82) is 0 Å². The molecule has 0 aliphatic carbocycles. The van der Waals surface area contributed by atoms with Crippen molar-refractivity contribution < 1.29 is 14.6 Å². The average Bonchev–Trinajstić information content (AvgIpc) is 2.63. The third kappa shape index (κ3) is 3.26. The van der Waals surface area contributed by atoms with Crippen molar-refractivity contribution in [3.63, 3.8) is 0 Å². The van der Waals surface area contributed by atoms with E-state index in [1.54, 1.807) is 12.1 Å². The number of fused-ring (bicyclic) bond motifs is 1. The topological polar surface area (TPSA) is 79.7 Å². The summed E-state index contributed by atoms with van der Waals surface area (Å²) in [6.07, 6.45) is 2.32. The molecule has 1 fully saturated rings. The molecular weight excluding hydrogens is 332 g/mol. The summed E-state index contributed by atoms with van der Waals surface area (Å²) in [6.45, 7) is 5.03. The van der Waals surface area contributed by atoms with Gasteiger partial charge in [-0.3, -0.25) is 0 Å². The van der Waals surface area contributed by atoms with Crippen LogP contribution in [0.25, 0.3) is 11.3 Å². The maximum absolute atomic E-state index is 10.6. The van der Waals surface area contributed by atoms with Crippen molar-refractivity contribution in [3.8, 4) is 28.5 Å². The van der Waals surface area contributed by atoms with Gasteiger partial charge in [-0.1, -0.05) is 0 Å². The molecule has 1 aromatic carbocycles. The van der Waals surface area contributed by atoms with Crippen LogP contribution in [-0.2, 0) is 0 Å². The van der Waals surface area contributed by atoms with Crippen LogP contribution in [0.4, 0.5) is 5.82 Å². The van der Waals surface area contributed by atoms with E-state index in [1.165, 1.54) is 6.42 Å². The van der Waals surface area contributed by atoms with E-state index in [2.05, 4.69) is 27.5 Å². The fraction of sp³-hybridized carbons (Fsp3) is 0.474. The second kappa shape index (κ2) is 6.99. The highest BCUT2D eigenvalue weighted by Gasteiger charge is 2.22. The van der Waals surface area contributed by atoms with Crippen LogP contribution in [0.3, 0.4) is 0 Å². The van der Waals surface area contributed by atoms with Crippen molar-refractivity contribution in [2.45, 2.75) is 25.8 Å². The Morgan fingerprint density at radius 3 is 2.88 bits per heavy atom. The first-order valence-electron chi connectivity index (χ1n) is 9.03. The number of aryl methyl sites for hydroxylation is 1. The minimum atomic E-state index is 0.0502. The summed E-state index contributed by atoms with van der Waals surface area (Å²) in [4.78, 5) is 2.32. The molecule has 0 spiro atoms. The maximum atomic E-state index is 10.6. The molecule has 0 bridgehead atoms. The predicted molar refractivity (Wildman–Crippen MR) is 99.0 cm³/mol. The van der Waals surface area contributed by atoms with Gasteiger partial charge in [-0.15, -0.1) is 10.2 Å². The van der Waals surface area contributed by atoms with Gasteiger partial charge in [0.25, 0.3) is 0 Å². The first kappa shape index (κ1) is 16.9. The van der Waals surface area contributed by atoms with E-state index in [0.717, 1.165) is 30.9 Å². The zero-order valence-electron chi connectivity index (χ0n) is 15.2. The Labute approximate surface area is 153 Å². The lowest BCUT2D eigenvalue weighted by Gasteiger charge is -2.30. The van der Waals surface area contributed by atoms with Gasteiger partial charge in [0.15, 0.2) is 11.5 Å². The van der Waals surface area contributed by atoms with Crippen molar-refractivity contribution in [2.75, 3.05) is 38.7 Å². The van der Waals surface area contributed by atoms with Crippen molar-refractivity contribution >= 4 is 5.82 Å². The number of benzene rings is 1. The summed E-state index contributed by atoms with van der Waals surface area (Å²) < 4.78 is 11.1. The molecule has 2 aromatic rings. The fourth-order valence-electron chi connectivity index (χ4n) is 3.61. The van der Waals surface area contributed by atoms with Crippen LogP contribution in [0, 0.1) is 6.92 Å². The van der Waals surface area contributed by atoms with Crippen LogP contribution in [0.2, 0.25) is 0 Å². The van der Waals surface area contributed by atoms with E-state index in [-0.39, 0.29) is 5.75 Å². The molecule has 0 saturated carbocycles. The molecule has 7 nitrogen and oxygen atoms in total. The summed E-state index contributed by atoms with van der Waals surface area (Å²) in [7, 11) is 2.14. The van der Waals surface area contributed by atoms with Gasteiger partial charge >= 0.3 is 0 Å². The number of nitrogens with one attached hydrogen (secondary N) is 1. The summed E-state index contributed by atoms with van der Waals surface area (Å²) in [5.74, 6) is 1.75. The van der Waals surface area contributed by atoms with Crippen LogP contribution in [0.15, 0.2) is 18.2 Å². The van der Waals surface area contributed by atoms with E-state index in [9.17, 15) is 5.11 Å². The minimum Gasteiger partial charge on any atom is -0.504 e. The van der Waals surface area contributed by atoms with Crippen LogP contribution >= 0.6 is 0 Å². The number of aromatic hydroxyl groups is 1. The molecule has 0 radical (unpaired) electrons. The van der Waals surface area contributed by atoms with Crippen molar-refractivity contribution in [2.24, 2.45) is 0 Å². The van der Waals surface area contributed by atoms with Crippen LogP contribution in [0.5, 0.6) is 17.2 Å². The molecule has 0 unspecified atom stereocenters. The molecule has 0 amide bonds. The monoisotopic (exact) mass is 356 g/mol. The molecule has 4 rings (SSSR count). The first-order valence-corrected chi connectivity index (χ1v) is 9.03. The third-order valence-electron chi connectivity index (χ3n) is 4.90.